The smallest absolute Gasteiger partial charge is 0.309 e. The van der Waals surface area contributed by atoms with Gasteiger partial charge in [-0.1, -0.05) is 31.5 Å². The van der Waals surface area contributed by atoms with E-state index in [4.69, 9.17) is 0 Å². The van der Waals surface area contributed by atoms with Gasteiger partial charge in [0.05, 0.1) is 5.56 Å². The van der Waals surface area contributed by atoms with Crippen molar-refractivity contribution < 1.29 is 26.3 Å². The van der Waals surface area contributed by atoms with Gasteiger partial charge in [0.1, 0.15) is 17.6 Å². The summed E-state index contributed by atoms with van der Waals surface area (Å²) >= 11 is 0. The Labute approximate surface area is 186 Å². The van der Waals surface area contributed by atoms with Crippen molar-refractivity contribution in [2.75, 3.05) is 5.32 Å². The molecule has 1 N–H and O–H groups in total. The average Bonchev–Trinajstić information content (AvgIpc) is 3.02. The second-order valence-electron chi connectivity index (χ2n) is 7.92. The van der Waals surface area contributed by atoms with Crippen LogP contribution < -0.4 is 5.32 Å². The maximum atomic E-state index is 13.6. The monoisotopic (exact) mass is 469 g/mol. The number of fused-ring (bicyclic) bond motifs is 1. The van der Waals surface area contributed by atoms with Crippen LogP contribution in [0.5, 0.6) is 0 Å². The van der Waals surface area contributed by atoms with Crippen molar-refractivity contribution in [3.63, 3.8) is 0 Å². The maximum Gasteiger partial charge on any atom is 0.431 e. The molecule has 2 aromatic rings. The van der Waals surface area contributed by atoms with Crippen molar-refractivity contribution in [2.24, 2.45) is 9.98 Å². The predicted molar refractivity (Wildman–Crippen MR) is 112 cm³/mol. The Kier molecular flexibility index (Phi) is 6.15. The highest BCUT2D eigenvalue weighted by molar-refractivity contribution is 6.11. The van der Waals surface area contributed by atoms with E-state index in [-0.39, 0.29) is 29.6 Å². The Morgan fingerprint density at radius 3 is 2.33 bits per heavy atom. The number of benzene rings is 1. The lowest BCUT2D eigenvalue weighted by atomic mass is 10.0. The highest BCUT2D eigenvalue weighted by atomic mass is 19.4. The van der Waals surface area contributed by atoms with Crippen LogP contribution in [0.2, 0.25) is 0 Å². The summed E-state index contributed by atoms with van der Waals surface area (Å²) in [6, 6.07) is 3.83. The summed E-state index contributed by atoms with van der Waals surface area (Å²) in [5.41, 5.74) is -0.824. The average molecular weight is 469 g/mol. The van der Waals surface area contributed by atoms with Crippen LogP contribution in [0.3, 0.4) is 0 Å². The first-order valence-corrected chi connectivity index (χ1v) is 10.6. The van der Waals surface area contributed by atoms with E-state index in [1.807, 2.05) is 0 Å². The minimum absolute atomic E-state index is 0.107. The summed E-state index contributed by atoms with van der Waals surface area (Å²) in [4.78, 5) is 16.4. The summed E-state index contributed by atoms with van der Waals surface area (Å²) in [5, 5.41) is 2.76. The summed E-state index contributed by atoms with van der Waals surface area (Å²) in [5.74, 6) is -0.249. The number of hydrogen-bond acceptors (Lipinski definition) is 5. The van der Waals surface area contributed by atoms with Gasteiger partial charge in [0.25, 0.3) is 0 Å². The van der Waals surface area contributed by atoms with Crippen LogP contribution in [0, 0.1) is 0 Å². The number of guanidine groups is 1. The van der Waals surface area contributed by atoms with E-state index in [0.29, 0.717) is 24.1 Å². The van der Waals surface area contributed by atoms with E-state index in [1.54, 1.807) is 6.92 Å². The zero-order valence-electron chi connectivity index (χ0n) is 17.7. The number of rotatable bonds is 3. The van der Waals surface area contributed by atoms with E-state index in [2.05, 4.69) is 25.3 Å². The first-order valence-electron chi connectivity index (χ1n) is 10.6. The number of alkyl halides is 6. The van der Waals surface area contributed by atoms with Crippen molar-refractivity contribution in [2.45, 2.75) is 63.8 Å². The third-order valence-electron chi connectivity index (χ3n) is 5.63. The largest absolute Gasteiger partial charge is 0.431 e. The molecule has 1 unspecified atom stereocenters. The molecule has 0 spiro atoms. The summed E-state index contributed by atoms with van der Waals surface area (Å²) < 4.78 is 80.7. The van der Waals surface area contributed by atoms with Crippen molar-refractivity contribution in [3.05, 3.63) is 41.1 Å². The summed E-state index contributed by atoms with van der Waals surface area (Å²) in [6.45, 7) is 1.57. The summed E-state index contributed by atoms with van der Waals surface area (Å²) in [7, 11) is 0. The molecule has 1 aliphatic carbocycles. The number of aryl methyl sites for hydroxylation is 1. The third-order valence-corrected chi connectivity index (χ3v) is 5.63. The van der Waals surface area contributed by atoms with Gasteiger partial charge in [-0.15, -0.1) is 0 Å². The van der Waals surface area contributed by atoms with Crippen LogP contribution in [-0.4, -0.2) is 33.9 Å². The van der Waals surface area contributed by atoms with Gasteiger partial charge in [-0.05, 0) is 38.2 Å². The maximum absolute atomic E-state index is 13.6. The molecule has 5 nitrogen and oxygen atoms in total. The molecule has 0 fully saturated rings. The Bertz CT molecular complexity index is 1100. The molecular formula is C22H21F6N5. The quantitative estimate of drug-likeness (QED) is 0.443. The third kappa shape index (κ3) is 4.86. The summed E-state index contributed by atoms with van der Waals surface area (Å²) in [6.07, 6.45) is -5.53. The number of aromatic nitrogens is 2. The fourth-order valence-electron chi connectivity index (χ4n) is 4.05. The molecular weight excluding hydrogens is 448 g/mol. The molecule has 0 saturated carbocycles. The second-order valence-corrected chi connectivity index (χ2v) is 7.92. The molecule has 0 radical (unpaired) electrons. The second kappa shape index (κ2) is 8.75. The molecule has 176 valence electrons. The van der Waals surface area contributed by atoms with E-state index >= 15 is 0 Å². The van der Waals surface area contributed by atoms with Gasteiger partial charge in [-0.25, -0.2) is 20.0 Å². The van der Waals surface area contributed by atoms with E-state index in [1.165, 1.54) is 18.2 Å². The van der Waals surface area contributed by atoms with Crippen molar-refractivity contribution in [3.8, 4) is 11.4 Å². The number of nitrogens with one attached hydrogen (secondary N) is 1. The standard InChI is InChI=1S/C22H21F6N5/c1-2-15-17(22(26,27)28)31-20(30-15)33-19-13-9-4-3-5-11-16(13)29-18(32-19)12-8-6-7-10-14(12)21(23,24)25/h6-8,10,15H,2-5,9,11H2,1H3,(H,29,30,32,33). The number of anilines is 1. The SMILES string of the molecule is CCC1N=C(Nc2nc(-c3ccccc3C(F)(F)F)nc3c2CCCCC3)N=C1C(F)(F)F. The molecule has 0 amide bonds. The molecule has 1 aliphatic heterocycles. The molecule has 0 bridgehead atoms. The van der Waals surface area contributed by atoms with Crippen LogP contribution in [0.4, 0.5) is 32.2 Å². The van der Waals surface area contributed by atoms with Crippen LogP contribution in [0.1, 0.15) is 49.4 Å². The topological polar surface area (TPSA) is 62.5 Å². The fraction of sp³-hybridized carbons (Fsp3) is 0.455. The van der Waals surface area contributed by atoms with E-state index < -0.39 is 29.7 Å². The predicted octanol–water partition coefficient (Wildman–Crippen LogP) is 5.99. The van der Waals surface area contributed by atoms with Crippen molar-refractivity contribution in [1.82, 2.24) is 9.97 Å². The van der Waals surface area contributed by atoms with E-state index in [9.17, 15) is 26.3 Å². The lowest BCUT2D eigenvalue weighted by Gasteiger charge is -2.16. The van der Waals surface area contributed by atoms with Gasteiger partial charge in [0, 0.05) is 16.8 Å². The molecule has 33 heavy (non-hydrogen) atoms. The van der Waals surface area contributed by atoms with Gasteiger partial charge >= 0.3 is 12.4 Å². The van der Waals surface area contributed by atoms with Gasteiger partial charge in [-0.3, -0.25) is 0 Å². The molecule has 0 saturated heterocycles. The number of aliphatic imine (C=N–C) groups is 2. The minimum atomic E-state index is -4.63. The molecule has 2 aliphatic rings. The number of halogens is 6. The molecule has 4 rings (SSSR count). The Hall–Kier alpha value is -2.98. The van der Waals surface area contributed by atoms with Crippen LogP contribution in [0.15, 0.2) is 34.3 Å². The highest BCUT2D eigenvalue weighted by Gasteiger charge is 2.43. The van der Waals surface area contributed by atoms with Crippen LogP contribution in [0.25, 0.3) is 11.4 Å². The van der Waals surface area contributed by atoms with Crippen LogP contribution >= 0.6 is 0 Å². The van der Waals surface area contributed by atoms with Gasteiger partial charge < -0.3 is 5.32 Å². The minimum Gasteiger partial charge on any atom is -0.309 e. The zero-order valence-corrected chi connectivity index (χ0v) is 17.7. The normalized spacial score (nSPS) is 18.9. The van der Waals surface area contributed by atoms with Crippen LogP contribution in [-0.2, 0) is 19.0 Å². The highest BCUT2D eigenvalue weighted by Crippen LogP contribution is 2.37. The van der Waals surface area contributed by atoms with Crippen molar-refractivity contribution in [1.29, 1.82) is 0 Å². The molecule has 1 atom stereocenters. The van der Waals surface area contributed by atoms with Gasteiger partial charge in [0.2, 0.25) is 5.96 Å². The molecule has 1 aromatic heterocycles. The Morgan fingerprint density at radius 2 is 1.67 bits per heavy atom. The lowest BCUT2D eigenvalue weighted by Crippen LogP contribution is -2.31. The Morgan fingerprint density at radius 1 is 0.939 bits per heavy atom. The fourth-order valence-corrected chi connectivity index (χ4v) is 4.05. The zero-order chi connectivity index (χ0) is 23.8. The lowest BCUT2D eigenvalue weighted by molar-refractivity contribution is -0.137. The number of nitrogens with zero attached hydrogens (tertiary/aromatic N) is 4. The molecule has 1 aromatic carbocycles. The number of hydrogen-bond donors (Lipinski definition) is 1. The first kappa shape index (κ1) is 23.2. The Balaban J connectivity index is 1.81. The van der Waals surface area contributed by atoms with Crippen molar-refractivity contribution >= 4 is 17.5 Å². The van der Waals surface area contributed by atoms with Gasteiger partial charge in [-0.2, -0.15) is 26.3 Å². The molecule has 2 heterocycles. The van der Waals surface area contributed by atoms with E-state index in [0.717, 1.165) is 25.3 Å². The van der Waals surface area contributed by atoms with Gasteiger partial charge in [0.15, 0.2) is 5.82 Å². The first-order chi connectivity index (χ1) is 15.6. The molecule has 11 heteroatoms.